The lowest BCUT2D eigenvalue weighted by atomic mass is 10.2. The molecule has 1 amide bonds. The Hall–Kier alpha value is -2.89. The number of hydrogen-bond acceptors (Lipinski definition) is 4. The number of nitrogens with one attached hydrogen (secondary N) is 2. The number of nitro groups is 1. The van der Waals surface area contributed by atoms with E-state index in [0.717, 1.165) is 11.3 Å². The fourth-order valence-electron chi connectivity index (χ4n) is 1.88. The van der Waals surface area contributed by atoms with Gasteiger partial charge in [-0.3, -0.25) is 14.9 Å². The van der Waals surface area contributed by atoms with E-state index in [4.69, 9.17) is 0 Å². The number of benzene rings is 2. The number of nitrogens with zero attached hydrogens (tertiary/aromatic N) is 1. The van der Waals surface area contributed by atoms with Gasteiger partial charge in [-0.2, -0.15) is 0 Å². The first kappa shape index (κ1) is 15.5. The van der Waals surface area contributed by atoms with Crippen LogP contribution in [-0.2, 0) is 4.79 Å². The van der Waals surface area contributed by atoms with Gasteiger partial charge in [0.15, 0.2) is 0 Å². The Morgan fingerprint density at radius 3 is 2.14 bits per heavy atom. The first-order valence-electron chi connectivity index (χ1n) is 6.84. The van der Waals surface area contributed by atoms with Crippen LogP contribution < -0.4 is 10.6 Å². The number of amides is 1. The quantitative estimate of drug-likeness (QED) is 0.655. The Morgan fingerprint density at radius 2 is 1.59 bits per heavy atom. The molecule has 0 aliphatic carbocycles. The summed E-state index contributed by atoms with van der Waals surface area (Å²) in [4.78, 5) is 22.2. The second kappa shape index (κ2) is 6.71. The van der Waals surface area contributed by atoms with E-state index < -0.39 is 11.0 Å². The number of carbonyl (C=O) groups is 1. The topological polar surface area (TPSA) is 84.3 Å². The molecule has 0 fully saturated rings. The Kier molecular flexibility index (Phi) is 4.73. The number of nitro benzene ring substituents is 1. The summed E-state index contributed by atoms with van der Waals surface area (Å²) in [6.45, 7) is 3.75. The number of rotatable bonds is 5. The molecule has 2 N–H and O–H groups in total. The lowest BCUT2D eigenvalue weighted by Crippen LogP contribution is -2.31. The van der Waals surface area contributed by atoms with Crippen LogP contribution in [0, 0.1) is 17.0 Å². The van der Waals surface area contributed by atoms with Gasteiger partial charge >= 0.3 is 0 Å². The summed E-state index contributed by atoms with van der Waals surface area (Å²) in [6, 6.07) is 13.0. The molecule has 0 spiro atoms. The van der Waals surface area contributed by atoms with Gasteiger partial charge in [0.2, 0.25) is 5.91 Å². The lowest BCUT2D eigenvalue weighted by molar-refractivity contribution is -0.384. The van der Waals surface area contributed by atoms with E-state index in [-0.39, 0.29) is 11.6 Å². The zero-order chi connectivity index (χ0) is 16.1. The van der Waals surface area contributed by atoms with Crippen molar-refractivity contribution in [3.05, 3.63) is 64.2 Å². The van der Waals surface area contributed by atoms with E-state index in [1.807, 2.05) is 31.2 Å². The molecule has 0 saturated heterocycles. The third-order valence-corrected chi connectivity index (χ3v) is 3.17. The van der Waals surface area contributed by atoms with Crippen molar-refractivity contribution in [1.29, 1.82) is 0 Å². The van der Waals surface area contributed by atoms with Crippen molar-refractivity contribution in [2.45, 2.75) is 19.9 Å². The molecule has 1 atom stereocenters. The summed E-state index contributed by atoms with van der Waals surface area (Å²) >= 11 is 0. The number of non-ortho nitro benzene ring substituents is 1. The van der Waals surface area contributed by atoms with Crippen LogP contribution in [0.5, 0.6) is 0 Å². The summed E-state index contributed by atoms with van der Waals surface area (Å²) in [7, 11) is 0. The van der Waals surface area contributed by atoms with Gasteiger partial charge in [-0.15, -0.1) is 0 Å². The van der Waals surface area contributed by atoms with Crippen LogP contribution in [0.4, 0.5) is 17.1 Å². The number of anilines is 2. The van der Waals surface area contributed by atoms with Crippen molar-refractivity contribution >= 4 is 23.0 Å². The minimum atomic E-state index is -0.479. The van der Waals surface area contributed by atoms with Gasteiger partial charge < -0.3 is 10.6 Å². The Bertz CT molecular complexity index is 666. The average Bonchev–Trinajstić information content (AvgIpc) is 2.50. The van der Waals surface area contributed by atoms with Crippen LogP contribution in [0.2, 0.25) is 0 Å². The predicted octanol–water partition coefficient (Wildman–Crippen LogP) is 3.34. The van der Waals surface area contributed by atoms with Crippen molar-refractivity contribution in [3.8, 4) is 0 Å². The molecule has 22 heavy (non-hydrogen) atoms. The van der Waals surface area contributed by atoms with Crippen LogP contribution in [-0.4, -0.2) is 16.9 Å². The highest BCUT2D eigenvalue weighted by molar-refractivity contribution is 5.96. The van der Waals surface area contributed by atoms with E-state index in [9.17, 15) is 14.9 Å². The number of aryl methyl sites for hydroxylation is 1. The van der Waals surface area contributed by atoms with Crippen molar-refractivity contribution < 1.29 is 9.72 Å². The average molecular weight is 299 g/mol. The van der Waals surface area contributed by atoms with Crippen molar-refractivity contribution in [2.75, 3.05) is 10.6 Å². The molecule has 6 heteroatoms. The zero-order valence-electron chi connectivity index (χ0n) is 12.4. The third-order valence-electron chi connectivity index (χ3n) is 3.17. The zero-order valence-corrected chi connectivity index (χ0v) is 12.4. The second-order valence-corrected chi connectivity index (χ2v) is 5.03. The van der Waals surface area contributed by atoms with Gasteiger partial charge in [-0.1, -0.05) is 17.7 Å². The number of hydrogen-bond donors (Lipinski definition) is 2. The molecule has 0 heterocycles. The number of carbonyl (C=O) groups excluding carboxylic acids is 1. The van der Waals surface area contributed by atoms with Crippen molar-refractivity contribution in [3.63, 3.8) is 0 Å². The molecule has 0 aromatic heterocycles. The Labute approximate surface area is 128 Å². The van der Waals surface area contributed by atoms with Gasteiger partial charge in [-0.25, -0.2) is 0 Å². The fourth-order valence-corrected chi connectivity index (χ4v) is 1.88. The molecule has 6 nitrogen and oxygen atoms in total. The van der Waals surface area contributed by atoms with Crippen LogP contribution in [0.1, 0.15) is 12.5 Å². The summed E-state index contributed by atoms with van der Waals surface area (Å²) < 4.78 is 0. The molecule has 2 aromatic carbocycles. The Morgan fingerprint density at radius 1 is 1.05 bits per heavy atom. The van der Waals surface area contributed by atoms with Gasteiger partial charge in [0.1, 0.15) is 6.04 Å². The van der Waals surface area contributed by atoms with E-state index in [0.29, 0.717) is 5.69 Å². The fraction of sp³-hybridized carbons (Fsp3) is 0.188. The molecular weight excluding hydrogens is 282 g/mol. The largest absolute Gasteiger partial charge is 0.374 e. The lowest BCUT2D eigenvalue weighted by Gasteiger charge is -2.15. The maximum atomic E-state index is 12.1. The van der Waals surface area contributed by atoms with Crippen LogP contribution >= 0.6 is 0 Å². The third kappa shape index (κ3) is 4.05. The smallest absolute Gasteiger partial charge is 0.269 e. The highest BCUT2D eigenvalue weighted by Crippen LogP contribution is 2.16. The van der Waals surface area contributed by atoms with Crippen LogP contribution in [0.25, 0.3) is 0 Å². The maximum absolute atomic E-state index is 12.1. The second-order valence-electron chi connectivity index (χ2n) is 5.03. The minimum Gasteiger partial charge on any atom is -0.374 e. The molecule has 2 rings (SSSR count). The summed E-state index contributed by atoms with van der Waals surface area (Å²) in [5.74, 6) is -0.213. The van der Waals surface area contributed by atoms with Gasteiger partial charge in [-0.05, 0) is 38.1 Å². The van der Waals surface area contributed by atoms with E-state index >= 15 is 0 Å². The molecule has 0 saturated carbocycles. The molecule has 0 aliphatic rings. The Balaban J connectivity index is 1.95. The summed E-state index contributed by atoms with van der Waals surface area (Å²) in [5.41, 5.74) is 2.52. The maximum Gasteiger partial charge on any atom is 0.269 e. The molecule has 0 radical (unpaired) electrons. The highest BCUT2D eigenvalue weighted by atomic mass is 16.6. The highest BCUT2D eigenvalue weighted by Gasteiger charge is 2.13. The molecule has 2 aromatic rings. The minimum absolute atomic E-state index is 0.0103. The molecule has 0 bridgehead atoms. The van der Waals surface area contributed by atoms with Crippen molar-refractivity contribution in [2.24, 2.45) is 0 Å². The summed E-state index contributed by atoms with van der Waals surface area (Å²) in [5, 5.41) is 16.4. The van der Waals surface area contributed by atoms with Gasteiger partial charge in [0.05, 0.1) is 4.92 Å². The first-order valence-corrected chi connectivity index (χ1v) is 6.84. The van der Waals surface area contributed by atoms with E-state index in [2.05, 4.69) is 10.6 Å². The standard InChI is InChI=1S/C16H17N3O3/c1-11-3-5-13(6-4-11)17-12(2)16(20)18-14-7-9-15(10-8-14)19(21)22/h3-10,12,17H,1-2H3,(H,18,20). The van der Waals surface area contributed by atoms with E-state index in [1.165, 1.54) is 24.3 Å². The SMILES string of the molecule is Cc1ccc(NC(C)C(=O)Nc2ccc([N+](=O)[O-])cc2)cc1. The molecule has 114 valence electrons. The molecular formula is C16H17N3O3. The molecule has 0 aliphatic heterocycles. The van der Waals surface area contributed by atoms with Gasteiger partial charge in [0.25, 0.3) is 5.69 Å². The van der Waals surface area contributed by atoms with Crippen LogP contribution in [0.15, 0.2) is 48.5 Å². The normalized spacial score (nSPS) is 11.5. The molecule has 1 unspecified atom stereocenters. The van der Waals surface area contributed by atoms with Crippen molar-refractivity contribution in [1.82, 2.24) is 0 Å². The van der Waals surface area contributed by atoms with Gasteiger partial charge in [0, 0.05) is 23.5 Å². The van der Waals surface area contributed by atoms with E-state index in [1.54, 1.807) is 6.92 Å². The van der Waals surface area contributed by atoms with Crippen LogP contribution in [0.3, 0.4) is 0 Å². The first-order chi connectivity index (χ1) is 10.5. The monoisotopic (exact) mass is 299 g/mol. The predicted molar refractivity (Wildman–Crippen MR) is 86.0 cm³/mol. The summed E-state index contributed by atoms with van der Waals surface area (Å²) in [6.07, 6.45) is 0.